The largest absolute Gasteiger partial charge is 0.357 e. The normalized spacial score (nSPS) is 13.1. The Morgan fingerprint density at radius 3 is 2.41 bits per heavy atom. The number of halogens is 2. The Morgan fingerprint density at radius 1 is 1.22 bits per heavy atom. The molecule has 0 spiro atoms. The van der Waals surface area contributed by atoms with Gasteiger partial charge in [0.1, 0.15) is 16.6 Å². The number of aliphatic imine (C=N–C) groups is 1. The van der Waals surface area contributed by atoms with Crippen LogP contribution in [0.1, 0.15) is 34.1 Å². The van der Waals surface area contributed by atoms with Crippen LogP contribution in [0.3, 0.4) is 0 Å². The molecular weight excluding hydrogens is 368 g/mol. The van der Waals surface area contributed by atoms with Crippen LogP contribution in [-0.2, 0) is 6.54 Å². The highest BCUT2D eigenvalue weighted by Crippen LogP contribution is 2.24. The molecule has 1 aromatic carbocycles. The third-order valence-electron chi connectivity index (χ3n) is 4.21. The molecule has 1 atom stereocenters. The van der Waals surface area contributed by atoms with Crippen molar-refractivity contribution in [2.75, 3.05) is 27.2 Å². The number of likely N-dealkylation sites (N-methyl/N-ethyl adjacent to an activating group) is 1. The van der Waals surface area contributed by atoms with Crippen LogP contribution in [0.25, 0.3) is 0 Å². The molecule has 2 aromatic rings. The number of aryl methyl sites for hydroxylation is 2. The Kier molecular flexibility index (Phi) is 7.67. The lowest BCUT2D eigenvalue weighted by Crippen LogP contribution is -2.42. The van der Waals surface area contributed by atoms with Crippen molar-refractivity contribution in [1.82, 2.24) is 20.5 Å². The highest BCUT2D eigenvalue weighted by atomic mass is 32.1. The average molecular weight is 396 g/mol. The molecule has 0 radical (unpaired) electrons. The van der Waals surface area contributed by atoms with Crippen molar-refractivity contribution < 1.29 is 8.78 Å². The van der Waals surface area contributed by atoms with Crippen molar-refractivity contribution in [1.29, 1.82) is 0 Å². The monoisotopic (exact) mass is 395 g/mol. The van der Waals surface area contributed by atoms with Crippen LogP contribution in [0.4, 0.5) is 8.78 Å². The molecular formula is C19H27F2N5S. The van der Waals surface area contributed by atoms with E-state index in [-0.39, 0.29) is 5.56 Å². The van der Waals surface area contributed by atoms with Crippen molar-refractivity contribution in [3.63, 3.8) is 0 Å². The summed E-state index contributed by atoms with van der Waals surface area (Å²) in [7, 11) is 3.59. The topological polar surface area (TPSA) is 52.6 Å². The second-order valence-electron chi connectivity index (χ2n) is 6.44. The second kappa shape index (κ2) is 9.75. The number of nitrogens with one attached hydrogen (secondary N) is 2. The van der Waals surface area contributed by atoms with E-state index in [1.54, 1.807) is 30.3 Å². The van der Waals surface area contributed by atoms with Crippen LogP contribution >= 0.6 is 11.3 Å². The lowest BCUT2D eigenvalue weighted by molar-refractivity contribution is 0.282. The van der Waals surface area contributed by atoms with Crippen molar-refractivity contribution >= 4 is 17.3 Å². The third-order valence-corrected chi connectivity index (χ3v) is 5.27. The maximum atomic E-state index is 14.2. The quantitative estimate of drug-likeness (QED) is 0.557. The Balaban J connectivity index is 2.13. The van der Waals surface area contributed by atoms with Crippen LogP contribution in [0.15, 0.2) is 23.2 Å². The van der Waals surface area contributed by atoms with Crippen LogP contribution in [0.2, 0.25) is 0 Å². The molecule has 1 unspecified atom stereocenters. The zero-order chi connectivity index (χ0) is 20.0. The van der Waals surface area contributed by atoms with Gasteiger partial charge in [-0.15, -0.1) is 11.3 Å². The molecule has 2 N–H and O–H groups in total. The van der Waals surface area contributed by atoms with E-state index in [9.17, 15) is 8.78 Å². The van der Waals surface area contributed by atoms with Crippen molar-refractivity contribution in [3.05, 3.63) is 51.0 Å². The third kappa shape index (κ3) is 5.71. The summed E-state index contributed by atoms with van der Waals surface area (Å²) in [6.07, 6.45) is 0. The smallest absolute Gasteiger partial charge is 0.191 e. The molecule has 2 rings (SSSR count). The molecule has 148 valence electrons. The number of hydrogen-bond acceptors (Lipinski definition) is 4. The predicted molar refractivity (Wildman–Crippen MR) is 107 cm³/mol. The van der Waals surface area contributed by atoms with Gasteiger partial charge in [-0.25, -0.2) is 18.8 Å². The number of aromatic nitrogens is 1. The van der Waals surface area contributed by atoms with E-state index in [4.69, 9.17) is 0 Å². The van der Waals surface area contributed by atoms with E-state index in [1.165, 1.54) is 23.1 Å². The van der Waals surface area contributed by atoms with Gasteiger partial charge in [-0.3, -0.25) is 0 Å². The predicted octanol–water partition coefficient (Wildman–Crippen LogP) is 3.40. The molecule has 0 saturated heterocycles. The summed E-state index contributed by atoms with van der Waals surface area (Å²) < 4.78 is 28.4. The van der Waals surface area contributed by atoms with E-state index in [2.05, 4.69) is 20.6 Å². The van der Waals surface area contributed by atoms with E-state index < -0.39 is 17.7 Å². The van der Waals surface area contributed by atoms with Crippen LogP contribution in [0, 0.1) is 25.5 Å². The molecule has 0 bridgehead atoms. The fourth-order valence-electron chi connectivity index (χ4n) is 2.66. The van der Waals surface area contributed by atoms with E-state index in [0.29, 0.717) is 25.6 Å². The van der Waals surface area contributed by atoms with E-state index >= 15 is 0 Å². The minimum Gasteiger partial charge on any atom is -0.357 e. The molecule has 0 amide bonds. The zero-order valence-corrected chi connectivity index (χ0v) is 17.3. The number of rotatable bonds is 7. The first-order chi connectivity index (χ1) is 12.8. The van der Waals surface area contributed by atoms with Gasteiger partial charge in [0.2, 0.25) is 0 Å². The zero-order valence-electron chi connectivity index (χ0n) is 16.4. The molecule has 8 heteroatoms. The summed E-state index contributed by atoms with van der Waals surface area (Å²) in [6, 6.07) is 3.46. The minimum absolute atomic E-state index is 0.0528. The van der Waals surface area contributed by atoms with Crippen molar-refractivity contribution in [3.8, 4) is 0 Å². The van der Waals surface area contributed by atoms with Gasteiger partial charge in [-0.05, 0) is 47.0 Å². The molecule has 0 aliphatic heterocycles. The summed E-state index contributed by atoms with van der Waals surface area (Å²) >= 11 is 1.62. The average Bonchev–Trinajstić information content (AvgIpc) is 2.92. The standard InChI is InChI=1S/C19H27F2N5S/c1-6-22-19(24-11-17-25-12(2)13(3)27-17)23-10-16(26(4)5)18-14(20)8-7-9-15(18)21/h7-9,16H,6,10-11H2,1-5H3,(H2,22,23,24). The SMILES string of the molecule is CCNC(=NCc1nc(C)c(C)s1)NCC(c1c(F)cccc1F)N(C)C. The lowest BCUT2D eigenvalue weighted by Gasteiger charge is -2.26. The number of thiazole rings is 1. The van der Waals surface area contributed by atoms with Gasteiger partial charge >= 0.3 is 0 Å². The van der Waals surface area contributed by atoms with Gasteiger partial charge < -0.3 is 15.5 Å². The van der Waals surface area contributed by atoms with E-state index in [1.807, 2.05) is 20.8 Å². The molecule has 27 heavy (non-hydrogen) atoms. The molecule has 0 fully saturated rings. The minimum atomic E-state index is -0.550. The summed E-state index contributed by atoms with van der Waals surface area (Å²) in [5.74, 6) is -0.510. The van der Waals surface area contributed by atoms with Crippen LogP contribution in [-0.4, -0.2) is 43.0 Å². The molecule has 0 aliphatic rings. The lowest BCUT2D eigenvalue weighted by atomic mass is 10.0. The Hall–Kier alpha value is -2.06. The summed E-state index contributed by atoms with van der Waals surface area (Å²) in [5.41, 5.74) is 1.07. The van der Waals surface area contributed by atoms with Gasteiger partial charge in [-0.1, -0.05) is 6.07 Å². The molecule has 1 aromatic heterocycles. The maximum absolute atomic E-state index is 14.2. The number of benzene rings is 1. The first kappa shape index (κ1) is 21.2. The second-order valence-corrected chi connectivity index (χ2v) is 7.73. The summed E-state index contributed by atoms with van der Waals surface area (Å²) in [5, 5.41) is 7.28. The highest BCUT2D eigenvalue weighted by molar-refractivity contribution is 7.11. The first-order valence-corrected chi connectivity index (χ1v) is 9.70. The Bertz CT molecular complexity index is 749. The Morgan fingerprint density at radius 2 is 1.89 bits per heavy atom. The van der Waals surface area contributed by atoms with Crippen LogP contribution < -0.4 is 10.6 Å². The maximum Gasteiger partial charge on any atom is 0.191 e. The molecule has 5 nitrogen and oxygen atoms in total. The molecule has 0 aliphatic carbocycles. The van der Waals surface area contributed by atoms with Gasteiger partial charge in [0.05, 0.1) is 18.3 Å². The van der Waals surface area contributed by atoms with E-state index in [0.717, 1.165) is 10.7 Å². The number of hydrogen-bond donors (Lipinski definition) is 2. The van der Waals surface area contributed by atoms with Gasteiger partial charge in [0.25, 0.3) is 0 Å². The van der Waals surface area contributed by atoms with Crippen molar-refractivity contribution in [2.24, 2.45) is 4.99 Å². The summed E-state index contributed by atoms with van der Waals surface area (Å²) in [6.45, 7) is 7.43. The van der Waals surface area contributed by atoms with Crippen molar-refractivity contribution in [2.45, 2.75) is 33.4 Å². The van der Waals surface area contributed by atoms with Crippen LogP contribution in [0.5, 0.6) is 0 Å². The fourth-order valence-corrected chi connectivity index (χ4v) is 3.52. The highest BCUT2D eigenvalue weighted by Gasteiger charge is 2.22. The molecule has 0 saturated carbocycles. The number of nitrogens with zero attached hydrogens (tertiary/aromatic N) is 3. The Labute approximate surface area is 163 Å². The van der Waals surface area contributed by atoms with Gasteiger partial charge in [0.15, 0.2) is 5.96 Å². The molecule has 1 heterocycles. The number of guanidine groups is 1. The van der Waals surface area contributed by atoms with Gasteiger partial charge in [-0.2, -0.15) is 0 Å². The summed E-state index contributed by atoms with van der Waals surface area (Å²) in [4.78, 5) is 12.0. The first-order valence-electron chi connectivity index (χ1n) is 8.88. The fraction of sp³-hybridized carbons (Fsp3) is 0.474. The van der Waals surface area contributed by atoms with Gasteiger partial charge in [0, 0.05) is 23.5 Å².